The predicted molar refractivity (Wildman–Crippen MR) is 70.5 cm³/mol. The molecule has 1 atom stereocenters. The van der Waals surface area contributed by atoms with E-state index in [1.165, 1.54) is 11.1 Å². The highest BCUT2D eigenvalue weighted by molar-refractivity contribution is 5.41. The topological polar surface area (TPSA) is 34.1 Å². The molecule has 0 saturated heterocycles. The van der Waals surface area contributed by atoms with Crippen LogP contribution in [0.15, 0.2) is 42.7 Å². The highest BCUT2D eigenvalue weighted by atomic mass is 16.5. The van der Waals surface area contributed by atoms with Crippen molar-refractivity contribution in [1.82, 2.24) is 10.3 Å². The zero-order chi connectivity index (χ0) is 12.4. The van der Waals surface area contributed by atoms with Gasteiger partial charge < -0.3 is 10.1 Å². The van der Waals surface area contributed by atoms with E-state index in [2.05, 4.69) is 40.6 Å². The van der Waals surface area contributed by atoms with Gasteiger partial charge in [-0.2, -0.15) is 0 Å². The molecule has 0 aliphatic carbocycles. The van der Waals surface area contributed by atoms with Crippen molar-refractivity contribution in [1.29, 1.82) is 0 Å². The summed E-state index contributed by atoms with van der Waals surface area (Å²) in [4.78, 5) is 4.26. The number of benzene rings is 1. The van der Waals surface area contributed by atoms with Gasteiger partial charge in [-0.1, -0.05) is 24.3 Å². The Hall–Kier alpha value is -1.87. The predicted octanol–water partition coefficient (Wildman–Crippen LogP) is 2.67. The molecule has 3 rings (SSSR count). The molecule has 3 nitrogen and oxygen atoms in total. The number of rotatable bonds is 3. The summed E-state index contributed by atoms with van der Waals surface area (Å²) in [6.07, 6.45) is 3.66. The molecule has 1 aliphatic rings. The van der Waals surface area contributed by atoms with E-state index in [1.807, 2.05) is 13.1 Å². The Morgan fingerprint density at radius 1 is 1.33 bits per heavy atom. The van der Waals surface area contributed by atoms with Crippen molar-refractivity contribution in [3.63, 3.8) is 0 Å². The number of fused-ring (bicyclic) bond motifs is 1. The third-order valence-corrected chi connectivity index (χ3v) is 3.24. The second kappa shape index (κ2) is 4.78. The Morgan fingerprint density at radius 2 is 2.22 bits per heavy atom. The standard InChI is InChI=1S/C15H16N2O/c1-2-18-13-7-12(8-16-10-13)15-14-6-4-3-5-11(14)9-17-15/h3-8,10,15,17H,2,9H2,1H3. The molecule has 3 heteroatoms. The first kappa shape index (κ1) is 11.2. The molecule has 1 unspecified atom stereocenters. The van der Waals surface area contributed by atoms with Crippen molar-refractivity contribution < 1.29 is 4.74 Å². The molecule has 0 amide bonds. The molecule has 0 saturated carbocycles. The van der Waals surface area contributed by atoms with Crippen molar-refractivity contribution in [2.45, 2.75) is 19.5 Å². The summed E-state index contributed by atoms with van der Waals surface area (Å²) in [6, 6.07) is 10.8. The van der Waals surface area contributed by atoms with E-state index in [4.69, 9.17) is 4.74 Å². The number of hydrogen-bond acceptors (Lipinski definition) is 3. The fourth-order valence-electron chi connectivity index (χ4n) is 2.44. The van der Waals surface area contributed by atoms with Crippen LogP contribution in [0, 0.1) is 0 Å². The number of hydrogen-bond donors (Lipinski definition) is 1. The van der Waals surface area contributed by atoms with Crippen LogP contribution in [0.5, 0.6) is 5.75 Å². The van der Waals surface area contributed by atoms with Crippen molar-refractivity contribution in [2.75, 3.05) is 6.61 Å². The SMILES string of the molecule is CCOc1cncc(C2NCc3ccccc32)c1. The molecule has 2 heterocycles. The molecule has 1 aliphatic heterocycles. The minimum atomic E-state index is 0.231. The largest absolute Gasteiger partial charge is 0.492 e. The lowest BCUT2D eigenvalue weighted by Gasteiger charge is -2.13. The van der Waals surface area contributed by atoms with Gasteiger partial charge in [-0.25, -0.2) is 0 Å². The summed E-state index contributed by atoms with van der Waals surface area (Å²) in [5, 5.41) is 3.51. The van der Waals surface area contributed by atoms with Crippen molar-refractivity contribution >= 4 is 0 Å². The van der Waals surface area contributed by atoms with Crippen LogP contribution in [0.25, 0.3) is 0 Å². The lowest BCUT2D eigenvalue weighted by molar-refractivity contribution is 0.338. The van der Waals surface area contributed by atoms with Gasteiger partial charge in [0.15, 0.2) is 0 Å². The van der Waals surface area contributed by atoms with Gasteiger partial charge in [0.1, 0.15) is 5.75 Å². The summed E-state index contributed by atoms with van der Waals surface area (Å²) in [5.41, 5.74) is 3.86. The highest BCUT2D eigenvalue weighted by Gasteiger charge is 2.23. The van der Waals surface area contributed by atoms with Gasteiger partial charge in [0.2, 0.25) is 0 Å². The maximum atomic E-state index is 5.50. The second-order valence-electron chi connectivity index (χ2n) is 4.40. The molecule has 0 fully saturated rings. The smallest absolute Gasteiger partial charge is 0.137 e. The minimum absolute atomic E-state index is 0.231. The molecular weight excluding hydrogens is 224 g/mol. The van der Waals surface area contributed by atoms with E-state index < -0.39 is 0 Å². The monoisotopic (exact) mass is 240 g/mol. The molecule has 0 bridgehead atoms. The van der Waals surface area contributed by atoms with Gasteiger partial charge in [0, 0.05) is 12.7 Å². The third kappa shape index (κ3) is 1.97. The Morgan fingerprint density at radius 3 is 3.11 bits per heavy atom. The van der Waals surface area contributed by atoms with E-state index in [1.54, 1.807) is 6.20 Å². The zero-order valence-electron chi connectivity index (χ0n) is 10.4. The molecule has 1 aromatic carbocycles. The summed E-state index contributed by atoms with van der Waals surface area (Å²) in [6.45, 7) is 3.56. The molecular formula is C15H16N2O. The van der Waals surface area contributed by atoms with Gasteiger partial charge in [0.25, 0.3) is 0 Å². The number of nitrogens with one attached hydrogen (secondary N) is 1. The maximum absolute atomic E-state index is 5.50. The lowest BCUT2D eigenvalue weighted by Crippen LogP contribution is -2.13. The number of nitrogens with zero attached hydrogens (tertiary/aromatic N) is 1. The average molecular weight is 240 g/mol. The average Bonchev–Trinajstić information content (AvgIpc) is 2.83. The van der Waals surface area contributed by atoms with Gasteiger partial charge in [-0.05, 0) is 29.7 Å². The van der Waals surface area contributed by atoms with Crippen LogP contribution in [0.2, 0.25) is 0 Å². The molecule has 2 aromatic rings. The Kier molecular flexibility index (Phi) is 2.99. The van der Waals surface area contributed by atoms with Crippen LogP contribution in [-0.2, 0) is 6.54 Å². The first-order valence-electron chi connectivity index (χ1n) is 6.27. The Labute approximate surface area is 107 Å². The van der Waals surface area contributed by atoms with Crippen LogP contribution in [0.1, 0.15) is 29.7 Å². The third-order valence-electron chi connectivity index (χ3n) is 3.24. The van der Waals surface area contributed by atoms with Crippen LogP contribution in [0.4, 0.5) is 0 Å². The first-order chi connectivity index (χ1) is 8.88. The van der Waals surface area contributed by atoms with Gasteiger partial charge >= 0.3 is 0 Å². The molecule has 18 heavy (non-hydrogen) atoms. The molecule has 1 aromatic heterocycles. The first-order valence-corrected chi connectivity index (χ1v) is 6.27. The number of ether oxygens (including phenoxy) is 1. The van der Waals surface area contributed by atoms with Crippen molar-refractivity contribution in [3.05, 3.63) is 59.4 Å². The van der Waals surface area contributed by atoms with Gasteiger partial charge in [-0.3, -0.25) is 4.98 Å². The van der Waals surface area contributed by atoms with Crippen LogP contribution in [0.3, 0.4) is 0 Å². The molecule has 0 spiro atoms. The molecule has 0 radical (unpaired) electrons. The van der Waals surface area contributed by atoms with Gasteiger partial charge in [0.05, 0.1) is 18.8 Å². The summed E-state index contributed by atoms with van der Waals surface area (Å²) < 4.78 is 5.50. The summed E-state index contributed by atoms with van der Waals surface area (Å²) in [7, 11) is 0. The zero-order valence-corrected chi connectivity index (χ0v) is 10.4. The van der Waals surface area contributed by atoms with Crippen LogP contribution in [-0.4, -0.2) is 11.6 Å². The highest BCUT2D eigenvalue weighted by Crippen LogP contribution is 2.31. The second-order valence-corrected chi connectivity index (χ2v) is 4.40. The quantitative estimate of drug-likeness (QED) is 0.895. The maximum Gasteiger partial charge on any atom is 0.137 e. The minimum Gasteiger partial charge on any atom is -0.492 e. The van der Waals surface area contributed by atoms with E-state index in [0.717, 1.165) is 17.9 Å². The van der Waals surface area contributed by atoms with Crippen LogP contribution >= 0.6 is 0 Å². The Bertz CT molecular complexity index is 554. The Balaban J connectivity index is 1.94. The van der Waals surface area contributed by atoms with E-state index in [0.29, 0.717) is 6.61 Å². The summed E-state index contributed by atoms with van der Waals surface area (Å²) in [5.74, 6) is 0.834. The van der Waals surface area contributed by atoms with Crippen molar-refractivity contribution in [2.24, 2.45) is 0 Å². The lowest BCUT2D eigenvalue weighted by atomic mass is 10.00. The molecule has 92 valence electrons. The normalized spacial score (nSPS) is 17.5. The van der Waals surface area contributed by atoms with Gasteiger partial charge in [-0.15, -0.1) is 0 Å². The van der Waals surface area contributed by atoms with E-state index in [-0.39, 0.29) is 6.04 Å². The number of pyridine rings is 1. The fourth-order valence-corrected chi connectivity index (χ4v) is 2.44. The van der Waals surface area contributed by atoms with E-state index >= 15 is 0 Å². The fraction of sp³-hybridized carbons (Fsp3) is 0.267. The van der Waals surface area contributed by atoms with Crippen molar-refractivity contribution in [3.8, 4) is 5.75 Å². The van der Waals surface area contributed by atoms with E-state index in [9.17, 15) is 0 Å². The van der Waals surface area contributed by atoms with Crippen LogP contribution < -0.4 is 10.1 Å². The molecule has 1 N–H and O–H groups in total. The number of aromatic nitrogens is 1. The summed E-state index contributed by atoms with van der Waals surface area (Å²) >= 11 is 0.